The van der Waals surface area contributed by atoms with Crippen LogP contribution in [0.2, 0.25) is 0 Å². The molecule has 0 aromatic heterocycles. The predicted molar refractivity (Wildman–Crippen MR) is 65.3 cm³/mol. The Morgan fingerprint density at radius 3 is 2.56 bits per heavy atom. The van der Waals surface area contributed by atoms with Gasteiger partial charge in [-0.25, -0.2) is 5.23 Å². The van der Waals surface area contributed by atoms with E-state index in [1.807, 2.05) is 0 Å². The number of benzene rings is 1. The van der Waals surface area contributed by atoms with Gasteiger partial charge in [0.2, 0.25) is 0 Å². The zero-order chi connectivity index (χ0) is 12.3. The number of nitrogens with two attached hydrogens (primary N) is 3. The van der Waals surface area contributed by atoms with Gasteiger partial charge in [0.05, 0.1) is 11.4 Å². The highest BCUT2D eigenvalue weighted by Gasteiger charge is 2.13. The number of rotatable bonds is 4. The zero-order valence-electron chi connectivity index (χ0n) is 9.06. The molecule has 1 rings (SSSR count). The first-order valence-electron chi connectivity index (χ1n) is 4.63. The minimum atomic E-state index is 0.0920. The Labute approximate surface area is 93.8 Å². The van der Waals surface area contributed by atoms with Crippen molar-refractivity contribution < 1.29 is 4.84 Å². The van der Waals surface area contributed by atoms with Gasteiger partial charge < -0.3 is 27.2 Å². The van der Waals surface area contributed by atoms with Gasteiger partial charge in [-0.1, -0.05) is 6.08 Å². The summed E-state index contributed by atoms with van der Waals surface area (Å²) in [7, 11) is 1.19. The van der Waals surface area contributed by atoms with Gasteiger partial charge in [-0.2, -0.15) is 0 Å². The molecule has 1 aromatic rings. The van der Waals surface area contributed by atoms with E-state index in [1.165, 1.54) is 7.05 Å². The topological polar surface area (TPSA) is 114 Å². The number of anilines is 3. The molecule has 0 aliphatic carbocycles. The highest BCUT2D eigenvalue weighted by molar-refractivity contribution is 5.81. The lowest BCUT2D eigenvalue weighted by Gasteiger charge is -2.25. The molecule has 0 atom stereocenters. The maximum atomic E-state index is 10.8. The standard InChI is InChI=1S/C10H15N4O2/c1-3-4-6-5-7(11)9(13)10(8(6)12)16-14(2)15/h3,5H,1,4,11-13H2,2H3/q-1. The van der Waals surface area contributed by atoms with E-state index in [2.05, 4.69) is 6.58 Å². The third-order valence-corrected chi connectivity index (χ3v) is 2.06. The fraction of sp³-hybridized carbons (Fsp3) is 0.200. The van der Waals surface area contributed by atoms with Crippen molar-refractivity contribution >= 4 is 17.1 Å². The number of nitrogen functional groups attached to an aromatic ring is 3. The summed E-state index contributed by atoms with van der Waals surface area (Å²) >= 11 is 0. The Morgan fingerprint density at radius 1 is 1.44 bits per heavy atom. The molecule has 1 aromatic carbocycles. The second-order valence-corrected chi connectivity index (χ2v) is 3.31. The molecule has 0 spiro atoms. The molecule has 0 amide bonds. The molecule has 0 aliphatic rings. The van der Waals surface area contributed by atoms with E-state index in [1.54, 1.807) is 12.1 Å². The quantitative estimate of drug-likeness (QED) is 0.396. The van der Waals surface area contributed by atoms with E-state index < -0.39 is 0 Å². The monoisotopic (exact) mass is 223 g/mol. The Hall–Kier alpha value is -1.92. The maximum absolute atomic E-state index is 10.8. The summed E-state index contributed by atoms with van der Waals surface area (Å²) in [5.41, 5.74) is 18.7. The summed E-state index contributed by atoms with van der Waals surface area (Å²) in [6.45, 7) is 3.60. The molecule has 6 N–H and O–H groups in total. The predicted octanol–water partition coefficient (Wildman–Crippen LogP) is 0.885. The second-order valence-electron chi connectivity index (χ2n) is 3.31. The highest BCUT2D eigenvalue weighted by atomic mass is 16.9. The Bertz CT molecular complexity index is 404. The van der Waals surface area contributed by atoms with Crippen LogP contribution in [0.25, 0.3) is 0 Å². The Kier molecular flexibility index (Phi) is 3.60. The van der Waals surface area contributed by atoms with Gasteiger partial charge in [0.1, 0.15) is 5.69 Å². The van der Waals surface area contributed by atoms with E-state index >= 15 is 0 Å². The zero-order valence-corrected chi connectivity index (χ0v) is 9.06. The molecular formula is C10H15N4O2-. The van der Waals surface area contributed by atoms with E-state index in [4.69, 9.17) is 22.0 Å². The van der Waals surface area contributed by atoms with Gasteiger partial charge in [0.15, 0.2) is 5.75 Å². The number of nitrogens with zero attached hydrogens (tertiary/aromatic N) is 1. The van der Waals surface area contributed by atoms with E-state index in [-0.39, 0.29) is 16.7 Å². The van der Waals surface area contributed by atoms with Crippen LogP contribution in [0.5, 0.6) is 5.75 Å². The Balaban J connectivity index is 3.27. The normalized spacial score (nSPS) is 10.4. The average Bonchev–Trinajstić information content (AvgIpc) is 2.21. The molecule has 0 heterocycles. The van der Waals surface area contributed by atoms with E-state index in [0.29, 0.717) is 17.8 Å². The van der Waals surface area contributed by atoms with Crippen molar-refractivity contribution in [1.29, 1.82) is 0 Å². The van der Waals surface area contributed by atoms with Crippen LogP contribution >= 0.6 is 0 Å². The van der Waals surface area contributed by atoms with Crippen molar-refractivity contribution in [2.45, 2.75) is 6.42 Å². The molecule has 0 unspecified atom stereocenters. The minimum absolute atomic E-state index is 0.0920. The van der Waals surface area contributed by atoms with Crippen LogP contribution in [0.3, 0.4) is 0 Å². The first kappa shape index (κ1) is 12.2. The van der Waals surface area contributed by atoms with Crippen LogP contribution in [0.15, 0.2) is 18.7 Å². The maximum Gasteiger partial charge on any atom is 0.194 e. The summed E-state index contributed by atoms with van der Waals surface area (Å²) in [6, 6.07) is 1.64. The van der Waals surface area contributed by atoms with Crippen molar-refractivity contribution in [2.75, 3.05) is 24.2 Å². The lowest BCUT2D eigenvalue weighted by atomic mass is 10.1. The van der Waals surface area contributed by atoms with E-state index in [9.17, 15) is 5.21 Å². The third kappa shape index (κ3) is 2.36. The van der Waals surface area contributed by atoms with Crippen LogP contribution in [0.1, 0.15) is 5.56 Å². The molecule has 6 heteroatoms. The molecule has 0 saturated carbocycles. The molecule has 0 aliphatic heterocycles. The van der Waals surface area contributed by atoms with Crippen LogP contribution in [-0.4, -0.2) is 12.3 Å². The number of allylic oxidation sites excluding steroid dienone is 1. The lowest BCUT2D eigenvalue weighted by Crippen LogP contribution is -2.17. The smallest absolute Gasteiger partial charge is 0.194 e. The molecule has 0 saturated heterocycles. The number of hydroxylamine groups is 2. The summed E-state index contributed by atoms with van der Waals surface area (Å²) in [5, 5.41) is 11.1. The van der Waals surface area contributed by atoms with Gasteiger partial charge in [-0.05, 0) is 18.1 Å². The van der Waals surface area contributed by atoms with Gasteiger partial charge in [0.25, 0.3) is 0 Å². The van der Waals surface area contributed by atoms with Crippen molar-refractivity contribution in [3.05, 3.63) is 29.5 Å². The van der Waals surface area contributed by atoms with E-state index in [0.717, 1.165) is 5.56 Å². The highest BCUT2D eigenvalue weighted by Crippen LogP contribution is 2.37. The Morgan fingerprint density at radius 2 is 2.06 bits per heavy atom. The molecule has 88 valence electrons. The fourth-order valence-corrected chi connectivity index (χ4v) is 1.32. The second kappa shape index (κ2) is 4.73. The summed E-state index contributed by atoms with van der Waals surface area (Å²) < 4.78 is 0. The molecule has 0 radical (unpaired) electrons. The average molecular weight is 223 g/mol. The lowest BCUT2D eigenvalue weighted by molar-refractivity contribution is 0.0236. The van der Waals surface area contributed by atoms with Crippen molar-refractivity contribution in [3.8, 4) is 5.75 Å². The van der Waals surface area contributed by atoms with Gasteiger partial charge in [-0.15, -0.1) is 6.58 Å². The summed E-state index contributed by atoms with van der Waals surface area (Å²) in [4.78, 5) is 4.86. The molecule has 16 heavy (non-hydrogen) atoms. The van der Waals surface area contributed by atoms with Crippen LogP contribution in [-0.2, 0) is 6.42 Å². The van der Waals surface area contributed by atoms with Crippen molar-refractivity contribution in [3.63, 3.8) is 0 Å². The van der Waals surface area contributed by atoms with Gasteiger partial charge in [-0.3, -0.25) is 0 Å². The summed E-state index contributed by atoms with van der Waals surface area (Å²) in [6.07, 6.45) is 2.20. The van der Waals surface area contributed by atoms with Crippen molar-refractivity contribution in [2.24, 2.45) is 0 Å². The molecular weight excluding hydrogens is 208 g/mol. The molecule has 6 nitrogen and oxygen atoms in total. The number of hydrogen-bond donors (Lipinski definition) is 3. The SMILES string of the molecule is C=CCc1cc(N)c(N)c(ON(C)[O-])c1N. The molecule has 0 fully saturated rings. The van der Waals surface area contributed by atoms with Gasteiger partial charge in [0, 0.05) is 7.05 Å². The van der Waals surface area contributed by atoms with Gasteiger partial charge >= 0.3 is 0 Å². The molecule has 0 bridgehead atoms. The summed E-state index contributed by atoms with van der Waals surface area (Å²) in [5.74, 6) is 0.0920. The van der Waals surface area contributed by atoms with Crippen LogP contribution in [0.4, 0.5) is 17.1 Å². The largest absolute Gasteiger partial charge is 0.753 e. The first-order valence-corrected chi connectivity index (χ1v) is 4.63. The fourth-order valence-electron chi connectivity index (χ4n) is 1.32. The van der Waals surface area contributed by atoms with Crippen LogP contribution in [0, 0.1) is 5.21 Å². The van der Waals surface area contributed by atoms with Crippen LogP contribution < -0.4 is 22.0 Å². The third-order valence-electron chi connectivity index (χ3n) is 2.06. The first-order chi connectivity index (χ1) is 7.47. The van der Waals surface area contributed by atoms with Crippen molar-refractivity contribution in [1.82, 2.24) is 5.23 Å². The minimum Gasteiger partial charge on any atom is -0.753 e. The number of hydrogen-bond acceptors (Lipinski definition) is 6.